The van der Waals surface area contributed by atoms with E-state index < -0.39 is 21.7 Å². The van der Waals surface area contributed by atoms with E-state index in [4.69, 9.17) is 15.7 Å². The first kappa shape index (κ1) is 53.0. The third-order valence-corrected chi connectivity index (χ3v) is 13.4. The summed E-state index contributed by atoms with van der Waals surface area (Å²) in [5.41, 5.74) is 17.1. The van der Waals surface area contributed by atoms with Crippen molar-refractivity contribution in [1.82, 2.24) is 19.9 Å². The molecule has 9 rings (SSSR count). The average Bonchev–Trinajstić information content (AvgIpc) is 4.24. The standard InChI is InChI=1S/C64H67N9O4/c1-61(2,3)57(74)70-41-25-17-13-21-36(41)52-45-29-30-46(66-45)53(37-22-14-18-26-42(37)71-58(75)62(4,5)6)48-33-34-50(68-48)55(39-24-16-20-28-44(39)73-60(77)64(10,11)12)56-40(65)35-51(69-56)54(49-32-31-47(52)67-49)38-23-15-19-27-43(38)72-59(76)63(7,8)9/h13-35,67-68H,65H2,1-12H3,(H,70,74)(H,71,75)(H,72,76)(H,73,77). The summed E-state index contributed by atoms with van der Waals surface area (Å²) in [5, 5.41) is 12.8. The molecule has 13 nitrogen and oxygen atoms in total. The molecule has 4 amide bonds. The molecular weight excluding hydrogens is 959 g/mol. The number of carbonyl (C=O) groups excluding carboxylic acids is 4. The van der Waals surface area contributed by atoms with Crippen LogP contribution < -0.4 is 27.0 Å². The van der Waals surface area contributed by atoms with E-state index in [2.05, 4.69) is 31.2 Å². The zero-order chi connectivity index (χ0) is 55.4. The minimum Gasteiger partial charge on any atom is -0.397 e. The van der Waals surface area contributed by atoms with Gasteiger partial charge in [-0.05, 0) is 66.8 Å². The average molecular weight is 1030 g/mol. The summed E-state index contributed by atoms with van der Waals surface area (Å²) in [5.74, 6) is -0.681. The molecule has 0 aliphatic carbocycles. The highest BCUT2D eigenvalue weighted by atomic mass is 16.2. The van der Waals surface area contributed by atoms with Gasteiger partial charge in [0.05, 0.1) is 28.5 Å². The molecule has 0 radical (unpaired) electrons. The second kappa shape index (κ2) is 20.0. The fraction of sp³-hybridized carbons (Fsp3) is 0.250. The first-order chi connectivity index (χ1) is 36.3. The molecule has 0 saturated heterocycles. The Balaban J connectivity index is 1.49. The summed E-state index contributed by atoms with van der Waals surface area (Å²) < 4.78 is 0. The van der Waals surface area contributed by atoms with E-state index in [0.29, 0.717) is 118 Å². The smallest absolute Gasteiger partial charge is 0.229 e. The number of hydrogen-bond acceptors (Lipinski definition) is 7. The number of aromatic amines is 2. The maximum atomic E-state index is 13.8. The van der Waals surface area contributed by atoms with Crippen LogP contribution in [0.2, 0.25) is 0 Å². The third kappa shape index (κ3) is 10.8. The van der Waals surface area contributed by atoms with Gasteiger partial charge in [0, 0.05) is 111 Å². The Labute approximate surface area is 450 Å². The molecule has 0 unspecified atom stereocenters. The number of carbonyl (C=O) groups is 4. The highest BCUT2D eigenvalue weighted by Gasteiger charge is 2.29. The maximum Gasteiger partial charge on any atom is 0.229 e. The molecule has 0 saturated carbocycles. The van der Waals surface area contributed by atoms with Gasteiger partial charge in [-0.1, -0.05) is 156 Å². The number of anilines is 4. The van der Waals surface area contributed by atoms with Crippen LogP contribution in [0.3, 0.4) is 0 Å². The number of fused-ring (bicyclic) bond motifs is 8. The van der Waals surface area contributed by atoms with Gasteiger partial charge >= 0.3 is 0 Å². The van der Waals surface area contributed by atoms with Crippen LogP contribution in [0.4, 0.5) is 22.7 Å². The van der Waals surface area contributed by atoms with Gasteiger partial charge in [-0.2, -0.15) is 0 Å². The normalized spacial score (nSPS) is 12.7. The highest BCUT2D eigenvalue weighted by molar-refractivity contribution is 6.09. The third-order valence-electron chi connectivity index (χ3n) is 13.4. The van der Waals surface area contributed by atoms with Crippen LogP contribution in [-0.2, 0) is 19.2 Å². The molecular formula is C64H67N9O4. The topological polar surface area (TPSA) is 200 Å². The molecule has 77 heavy (non-hydrogen) atoms. The van der Waals surface area contributed by atoms with Gasteiger partial charge in [0.25, 0.3) is 0 Å². The van der Waals surface area contributed by atoms with Crippen LogP contribution in [0.5, 0.6) is 0 Å². The molecule has 5 heterocycles. The van der Waals surface area contributed by atoms with Crippen LogP contribution >= 0.6 is 0 Å². The number of nitrogens with one attached hydrogen (secondary N) is 6. The van der Waals surface area contributed by atoms with Crippen LogP contribution in [0.25, 0.3) is 90.5 Å². The van der Waals surface area contributed by atoms with Crippen molar-refractivity contribution in [3.63, 3.8) is 0 Å². The number of para-hydroxylation sites is 4. The van der Waals surface area contributed by atoms with Crippen molar-refractivity contribution in [3.8, 4) is 44.5 Å². The van der Waals surface area contributed by atoms with E-state index in [9.17, 15) is 19.2 Å². The summed E-state index contributed by atoms with van der Waals surface area (Å²) >= 11 is 0. The molecule has 8 bridgehead atoms. The van der Waals surface area contributed by atoms with Gasteiger partial charge in [-0.3, -0.25) is 19.2 Å². The minimum absolute atomic E-state index is 0.162. The van der Waals surface area contributed by atoms with Crippen molar-refractivity contribution in [2.24, 2.45) is 27.4 Å². The lowest BCUT2D eigenvalue weighted by atomic mass is 9.94. The van der Waals surface area contributed by atoms with Gasteiger partial charge in [-0.15, -0.1) is 0 Å². The molecule has 4 aromatic carbocycles. The summed E-state index contributed by atoms with van der Waals surface area (Å²) in [6, 6.07) is 38.4. The Hall–Kier alpha value is -8.84. The molecule has 3 aromatic heterocycles. The summed E-state index contributed by atoms with van der Waals surface area (Å²) in [7, 11) is 0. The van der Waals surface area contributed by atoms with E-state index in [1.54, 1.807) is 0 Å². The largest absolute Gasteiger partial charge is 0.397 e. The molecule has 8 N–H and O–H groups in total. The van der Waals surface area contributed by atoms with Crippen LogP contribution in [0, 0.1) is 21.7 Å². The number of rotatable bonds is 8. The van der Waals surface area contributed by atoms with Crippen molar-refractivity contribution in [1.29, 1.82) is 0 Å². The van der Waals surface area contributed by atoms with Crippen molar-refractivity contribution in [2.75, 3.05) is 21.3 Å². The number of hydrogen-bond donors (Lipinski definition) is 7. The van der Waals surface area contributed by atoms with E-state index in [1.165, 1.54) is 0 Å². The summed E-state index contributed by atoms with van der Waals surface area (Å²) in [4.78, 5) is 73.8. The van der Waals surface area contributed by atoms with Crippen LogP contribution in [0.1, 0.15) is 106 Å². The van der Waals surface area contributed by atoms with E-state index in [-0.39, 0.29) is 23.6 Å². The molecule has 0 atom stereocenters. The number of aromatic nitrogens is 4. The summed E-state index contributed by atoms with van der Waals surface area (Å²) in [6.07, 6.45) is 5.76. The van der Waals surface area contributed by atoms with Crippen molar-refractivity contribution in [2.45, 2.75) is 83.1 Å². The predicted octanol–water partition coefficient (Wildman–Crippen LogP) is 14.5. The Morgan fingerprint density at radius 2 is 0.649 bits per heavy atom. The zero-order valence-electron chi connectivity index (χ0n) is 45.9. The lowest BCUT2D eigenvalue weighted by Gasteiger charge is -2.20. The maximum absolute atomic E-state index is 13.8. The number of nitrogens with zero attached hydrogens (tertiary/aromatic N) is 2. The molecule has 0 fully saturated rings. The van der Waals surface area contributed by atoms with Crippen LogP contribution in [-0.4, -0.2) is 43.6 Å². The molecule has 2 aliphatic heterocycles. The van der Waals surface area contributed by atoms with E-state index in [1.807, 2.05) is 223 Å². The van der Waals surface area contributed by atoms with Crippen molar-refractivity contribution < 1.29 is 19.2 Å². The molecule has 13 heteroatoms. The fourth-order valence-electron chi connectivity index (χ4n) is 8.92. The second-order valence-corrected chi connectivity index (χ2v) is 23.7. The monoisotopic (exact) mass is 1030 g/mol. The first-order valence-corrected chi connectivity index (χ1v) is 25.9. The van der Waals surface area contributed by atoms with Gasteiger partial charge in [0.2, 0.25) is 23.6 Å². The Morgan fingerprint density at radius 1 is 0.377 bits per heavy atom. The van der Waals surface area contributed by atoms with Crippen LogP contribution in [0.15, 0.2) is 121 Å². The van der Waals surface area contributed by atoms with Gasteiger partial charge < -0.3 is 37.0 Å². The lowest BCUT2D eigenvalue weighted by Crippen LogP contribution is -2.27. The Morgan fingerprint density at radius 3 is 0.961 bits per heavy atom. The molecule has 392 valence electrons. The zero-order valence-corrected chi connectivity index (χ0v) is 45.9. The number of nitrogens with two attached hydrogens (primary N) is 1. The first-order valence-electron chi connectivity index (χ1n) is 25.9. The Kier molecular flexibility index (Phi) is 13.8. The molecule has 7 aromatic rings. The number of benzene rings is 4. The molecule has 0 spiro atoms. The van der Waals surface area contributed by atoms with Crippen molar-refractivity contribution >= 4 is 92.4 Å². The quantitative estimate of drug-likeness (QED) is 0.0785. The van der Waals surface area contributed by atoms with E-state index >= 15 is 0 Å². The van der Waals surface area contributed by atoms with Crippen molar-refractivity contribution in [3.05, 3.63) is 144 Å². The second-order valence-electron chi connectivity index (χ2n) is 23.7. The predicted molar refractivity (Wildman–Crippen MR) is 316 cm³/mol. The summed E-state index contributed by atoms with van der Waals surface area (Å²) in [6.45, 7) is 22.4. The number of amides is 4. The highest BCUT2D eigenvalue weighted by Crippen LogP contribution is 2.44. The Bertz CT molecular complexity index is 3790. The van der Waals surface area contributed by atoms with E-state index in [0.717, 1.165) is 0 Å². The van der Waals surface area contributed by atoms with Gasteiger partial charge in [-0.25, -0.2) is 9.97 Å². The fourth-order valence-corrected chi connectivity index (χ4v) is 8.92. The number of H-pyrrole nitrogens is 2. The van der Waals surface area contributed by atoms with Gasteiger partial charge in [0.15, 0.2) is 0 Å². The molecule has 2 aliphatic rings. The minimum atomic E-state index is -0.720. The SMILES string of the molecule is CC(C)(C)C(=O)Nc1ccccc1-c1c2nc(c(-c3ccccc3NC(=O)C(C)(C)C)c3ccc([nH]3)c(-c3ccccc3NC(=O)C(C)(C)C)c3nc(c(-c4ccccc4NC(=O)C(C)(C)C)c4ccc1[nH]4)C=C3N)C=C2. The lowest BCUT2D eigenvalue weighted by molar-refractivity contribution is -0.123. The van der Waals surface area contributed by atoms with Gasteiger partial charge in [0.1, 0.15) is 0 Å².